The van der Waals surface area contributed by atoms with Gasteiger partial charge in [-0.25, -0.2) is 0 Å². The van der Waals surface area contributed by atoms with Crippen molar-refractivity contribution < 1.29 is 14.3 Å². The number of carbonyl (C=O) groups is 2. The third-order valence-electron chi connectivity index (χ3n) is 3.76. The van der Waals surface area contributed by atoms with Gasteiger partial charge in [0.1, 0.15) is 23.8 Å². The zero-order valence-corrected chi connectivity index (χ0v) is 13.6. The van der Waals surface area contributed by atoms with E-state index in [1.54, 1.807) is 17.0 Å². The Morgan fingerprint density at radius 1 is 1.32 bits per heavy atom. The highest BCUT2D eigenvalue weighted by molar-refractivity contribution is 5.87. The molecule has 128 valence electrons. The third kappa shape index (κ3) is 5.36. The molecule has 1 atom stereocenters. The van der Waals surface area contributed by atoms with Gasteiger partial charge in [-0.15, -0.1) is 0 Å². The van der Waals surface area contributed by atoms with Crippen LogP contribution in [0.1, 0.15) is 12.0 Å². The molecule has 1 amide bonds. The van der Waals surface area contributed by atoms with E-state index in [2.05, 4.69) is 5.32 Å². The standard InChI is InChI=1S/C18H18N4O3/c19-11-15(12-20)13-22-8-7-21-18(24)16(22)10-17(23)25-9-6-14-4-2-1-3-5-14/h1-5,13,16H,6-10H2,(H,21,24). The number of esters is 1. The zero-order chi connectivity index (χ0) is 18.1. The van der Waals surface area contributed by atoms with Gasteiger partial charge in [0.25, 0.3) is 0 Å². The van der Waals surface area contributed by atoms with Gasteiger partial charge in [-0.2, -0.15) is 10.5 Å². The van der Waals surface area contributed by atoms with Crippen molar-refractivity contribution in [2.75, 3.05) is 19.7 Å². The number of allylic oxidation sites excluding steroid dienone is 1. The minimum atomic E-state index is -0.783. The van der Waals surface area contributed by atoms with E-state index in [-0.39, 0.29) is 24.5 Å². The average Bonchev–Trinajstić information content (AvgIpc) is 2.63. The third-order valence-corrected chi connectivity index (χ3v) is 3.76. The first-order valence-electron chi connectivity index (χ1n) is 7.89. The predicted octanol–water partition coefficient (Wildman–Crippen LogP) is 0.894. The maximum Gasteiger partial charge on any atom is 0.308 e. The van der Waals surface area contributed by atoms with Crippen LogP contribution in [0.15, 0.2) is 42.1 Å². The summed E-state index contributed by atoms with van der Waals surface area (Å²) in [5, 5.41) is 20.4. The molecule has 1 unspecified atom stereocenters. The molecule has 0 radical (unpaired) electrons. The van der Waals surface area contributed by atoms with Gasteiger partial charge in [-0.1, -0.05) is 30.3 Å². The van der Waals surface area contributed by atoms with Crippen LogP contribution in [-0.4, -0.2) is 42.5 Å². The monoisotopic (exact) mass is 338 g/mol. The minimum Gasteiger partial charge on any atom is -0.465 e. The van der Waals surface area contributed by atoms with Crippen molar-refractivity contribution in [3.63, 3.8) is 0 Å². The lowest BCUT2D eigenvalue weighted by Crippen LogP contribution is -2.54. The van der Waals surface area contributed by atoms with E-state index in [4.69, 9.17) is 15.3 Å². The molecule has 1 heterocycles. The van der Waals surface area contributed by atoms with Gasteiger partial charge in [0.2, 0.25) is 5.91 Å². The Bertz CT molecular complexity index is 715. The van der Waals surface area contributed by atoms with Crippen LogP contribution in [0.5, 0.6) is 0 Å². The lowest BCUT2D eigenvalue weighted by Gasteiger charge is -2.33. The molecular weight excluding hydrogens is 320 g/mol. The van der Waals surface area contributed by atoms with E-state index in [1.807, 2.05) is 30.3 Å². The Labute approximate surface area is 146 Å². The van der Waals surface area contributed by atoms with Gasteiger partial charge in [0, 0.05) is 25.7 Å². The smallest absolute Gasteiger partial charge is 0.308 e. The largest absolute Gasteiger partial charge is 0.465 e. The first-order valence-corrected chi connectivity index (χ1v) is 7.89. The number of benzene rings is 1. The van der Waals surface area contributed by atoms with Crippen molar-refractivity contribution in [1.29, 1.82) is 10.5 Å². The Kier molecular flexibility index (Phi) is 6.56. The molecule has 0 bridgehead atoms. The minimum absolute atomic E-state index is 0.114. The van der Waals surface area contributed by atoms with Crippen molar-refractivity contribution in [3.05, 3.63) is 47.7 Å². The lowest BCUT2D eigenvalue weighted by atomic mass is 10.1. The van der Waals surface area contributed by atoms with E-state index in [1.165, 1.54) is 6.20 Å². The fraction of sp³-hybridized carbons (Fsp3) is 0.333. The summed E-state index contributed by atoms with van der Waals surface area (Å²) >= 11 is 0. The van der Waals surface area contributed by atoms with E-state index in [9.17, 15) is 9.59 Å². The summed E-state index contributed by atoms with van der Waals surface area (Å²) in [7, 11) is 0. The van der Waals surface area contributed by atoms with E-state index >= 15 is 0 Å². The number of nitrogens with zero attached hydrogens (tertiary/aromatic N) is 3. The summed E-state index contributed by atoms with van der Waals surface area (Å²) < 4.78 is 5.21. The van der Waals surface area contributed by atoms with E-state index in [0.29, 0.717) is 19.5 Å². The summed E-state index contributed by atoms with van der Waals surface area (Å²) in [4.78, 5) is 25.6. The van der Waals surface area contributed by atoms with Crippen LogP contribution < -0.4 is 5.32 Å². The second-order valence-corrected chi connectivity index (χ2v) is 5.47. The molecule has 25 heavy (non-hydrogen) atoms. The van der Waals surface area contributed by atoms with Crippen molar-refractivity contribution >= 4 is 11.9 Å². The molecule has 1 aromatic carbocycles. The topological polar surface area (TPSA) is 106 Å². The van der Waals surface area contributed by atoms with E-state index in [0.717, 1.165) is 5.56 Å². The molecule has 1 fully saturated rings. The maximum atomic E-state index is 12.0. The van der Waals surface area contributed by atoms with Crippen molar-refractivity contribution in [2.24, 2.45) is 0 Å². The normalized spacial score (nSPS) is 16.2. The zero-order valence-electron chi connectivity index (χ0n) is 13.6. The van der Waals surface area contributed by atoms with Gasteiger partial charge in [0.15, 0.2) is 0 Å². The van der Waals surface area contributed by atoms with Crippen LogP contribution in [0.4, 0.5) is 0 Å². The number of ether oxygens (including phenoxy) is 1. The molecule has 7 heteroatoms. The molecular formula is C18H18N4O3. The second-order valence-electron chi connectivity index (χ2n) is 5.47. The Morgan fingerprint density at radius 3 is 2.72 bits per heavy atom. The molecule has 1 N–H and O–H groups in total. The van der Waals surface area contributed by atoms with Crippen LogP contribution in [0.3, 0.4) is 0 Å². The SMILES string of the molecule is N#CC(C#N)=CN1CCNC(=O)C1CC(=O)OCCc1ccccc1. The van der Waals surface area contributed by atoms with Gasteiger partial charge >= 0.3 is 5.97 Å². The Morgan fingerprint density at radius 2 is 2.04 bits per heavy atom. The number of amides is 1. The highest BCUT2D eigenvalue weighted by atomic mass is 16.5. The van der Waals surface area contributed by atoms with Crippen LogP contribution >= 0.6 is 0 Å². The van der Waals surface area contributed by atoms with Gasteiger partial charge in [0.05, 0.1) is 13.0 Å². The number of piperazine rings is 1. The first kappa shape index (κ1) is 18.0. The number of hydrogen-bond acceptors (Lipinski definition) is 6. The lowest BCUT2D eigenvalue weighted by molar-refractivity contribution is -0.147. The fourth-order valence-corrected chi connectivity index (χ4v) is 2.49. The maximum absolute atomic E-state index is 12.0. The molecule has 0 aliphatic carbocycles. The summed E-state index contributed by atoms with van der Waals surface area (Å²) in [6.07, 6.45) is 1.78. The molecule has 1 aliphatic rings. The van der Waals surface area contributed by atoms with Gasteiger partial charge < -0.3 is 15.0 Å². The Balaban J connectivity index is 1.92. The molecule has 1 saturated heterocycles. The average molecular weight is 338 g/mol. The number of rotatable bonds is 6. The van der Waals surface area contributed by atoms with Crippen LogP contribution in [0, 0.1) is 22.7 Å². The van der Waals surface area contributed by atoms with Gasteiger partial charge in [-0.3, -0.25) is 9.59 Å². The van der Waals surface area contributed by atoms with Crippen molar-refractivity contribution in [2.45, 2.75) is 18.9 Å². The number of carbonyl (C=O) groups excluding carboxylic acids is 2. The summed E-state index contributed by atoms with van der Waals surface area (Å²) in [6, 6.07) is 12.3. The second kappa shape index (κ2) is 9.09. The van der Waals surface area contributed by atoms with E-state index < -0.39 is 12.0 Å². The summed E-state index contributed by atoms with van der Waals surface area (Å²) in [6.45, 7) is 1.04. The highest BCUT2D eigenvalue weighted by Gasteiger charge is 2.30. The quantitative estimate of drug-likeness (QED) is 0.610. The van der Waals surface area contributed by atoms with Gasteiger partial charge in [-0.05, 0) is 5.56 Å². The number of hydrogen-bond donors (Lipinski definition) is 1. The van der Waals surface area contributed by atoms with Crippen LogP contribution in [0.2, 0.25) is 0 Å². The fourth-order valence-electron chi connectivity index (χ4n) is 2.49. The molecule has 1 aromatic rings. The molecule has 1 aliphatic heterocycles. The molecule has 7 nitrogen and oxygen atoms in total. The van der Waals surface area contributed by atoms with Crippen LogP contribution in [-0.2, 0) is 20.7 Å². The molecule has 2 rings (SSSR count). The molecule has 0 spiro atoms. The van der Waals surface area contributed by atoms with Crippen molar-refractivity contribution in [1.82, 2.24) is 10.2 Å². The predicted molar refractivity (Wildman–Crippen MR) is 88.5 cm³/mol. The number of nitrogens with one attached hydrogen (secondary N) is 1. The summed E-state index contributed by atoms with van der Waals surface area (Å²) in [5.74, 6) is -0.815. The summed E-state index contributed by atoms with van der Waals surface area (Å²) in [5.41, 5.74) is 0.945. The molecule has 0 aromatic heterocycles. The Hall–Kier alpha value is -3.32. The highest BCUT2D eigenvalue weighted by Crippen LogP contribution is 2.12. The molecule has 0 saturated carbocycles. The number of nitriles is 2. The van der Waals surface area contributed by atoms with Crippen LogP contribution in [0.25, 0.3) is 0 Å². The first-order chi connectivity index (χ1) is 12.1. The van der Waals surface area contributed by atoms with Crippen molar-refractivity contribution in [3.8, 4) is 12.1 Å².